The van der Waals surface area contributed by atoms with E-state index in [4.69, 9.17) is 27.9 Å². The van der Waals surface area contributed by atoms with E-state index in [1.807, 2.05) is 29.2 Å². The Labute approximate surface area is 247 Å². The number of piperidine rings is 1. The first-order chi connectivity index (χ1) is 19.0. The molecule has 1 aliphatic carbocycles. The van der Waals surface area contributed by atoms with Gasteiger partial charge in [-0.2, -0.15) is 0 Å². The van der Waals surface area contributed by atoms with Crippen molar-refractivity contribution in [1.82, 2.24) is 9.80 Å². The highest BCUT2D eigenvalue weighted by Crippen LogP contribution is 2.55. The number of esters is 1. The Morgan fingerprint density at radius 3 is 2.62 bits per heavy atom. The Hall–Kier alpha value is -2.54. The van der Waals surface area contributed by atoms with E-state index in [-0.39, 0.29) is 36.0 Å². The fourth-order valence-electron chi connectivity index (χ4n) is 6.84. The van der Waals surface area contributed by atoms with Gasteiger partial charge in [0.05, 0.1) is 16.5 Å². The molecule has 1 N–H and O–H groups in total. The average molecular weight is 588 g/mol. The first kappa shape index (κ1) is 30.4. The maximum Gasteiger partial charge on any atom is 0.303 e. The zero-order valence-corrected chi connectivity index (χ0v) is 25.2. The van der Waals surface area contributed by atoms with Gasteiger partial charge in [-0.1, -0.05) is 61.3 Å². The number of amides is 1. The number of hydrogen-bond acceptors (Lipinski definition) is 5. The van der Waals surface area contributed by atoms with Crippen molar-refractivity contribution in [3.8, 4) is 5.75 Å². The van der Waals surface area contributed by atoms with Crippen molar-refractivity contribution in [2.75, 3.05) is 26.2 Å². The summed E-state index contributed by atoms with van der Waals surface area (Å²) in [6.07, 6.45) is 4.77. The van der Waals surface area contributed by atoms with Gasteiger partial charge >= 0.3 is 5.97 Å². The number of halogens is 2. The lowest BCUT2D eigenvalue weighted by molar-refractivity contribution is -0.190. The minimum absolute atomic E-state index is 0.0345. The third-order valence-corrected chi connectivity index (χ3v) is 9.20. The molecule has 2 aromatic carbocycles. The highest BCUT2D eigenvalue weighted by atomic mass is 35.5. The summed E-state index contributed by atoms with van der Waals surface area (Å²) >= 11 is 12.4. The molecule has 4 rings (SSSR count). The van der Waals surface area contributed by atoms with Gasteiger partial charge in [0, 0.05) is 38.0 Å². The van der Waals surface area contributed by atoms with Crippen molar-refractivity contribution in [2.24, 2.45) is 5.92 Å². The predicted molar refractivity (Wildman–Crippen MR) is 160 cm³/mol. The molecule has 6 nitrogen and oxygen atoms in total. The molecule has 216 valence electrons. The van der Waals surface area contributed by atoms with Crippen LogP contribution in [0.2, 0.25) is 10.0 Å². The highest BCUT2D eigenvalue weighted by Gasteiger charge is 2.61. The molecule has 2 aromatic rings. The largest absolute Gasteiger partial charge is 0.508 e. The second kappa shape index (κ2) is 12.5. The molecular formula is C32H40Cl2N2O4. The van der Waals surface area contributed by atoms with E-state index in [2.05, 4.69) is 25.3 Å². The molecular weight excluding hydrogens is 547 g/mol. The smallest absolute Gasteiger partial charge is 0.303 e. The molecule has 3 unspecified atom stereocenters. The summed E-state index contributed by atoms with van der Waals surface area (Å²) in [6.45, 7) is 12.3. The lowest BCUT2D eigenvalue weighted by atomic mass is 9.54. The SMILES string of the molecule is C=CCN1CCC2(c3cccc(O)c3)CC(N(CC(C)C)C(=O)Cc3ccc(Cl)c(Cl)c3)CCC2(OC(C)=O)C1. The van der Waals surface area contributed by atoms with Crippen LogP contribution >= 0.6 is 23.2 Å². The number of phenols is 1. The van der Waals surface area contributed by atoms with E-state index < -0.39 is 11.0 Å². The normalized spacial score (nSPS) is 24.8. The zero-order valence-electron chi connectivity index (χ0n) is 23.7. The van der Waals surface area contributed by atoms with Crippen LogP contribution in [0.4, 0.5) is 0 Å². The van der Waals surface area contributed by atoms with Crippen LogP contribution < -0.4 is 0 Å². The second-order valence-corrected chi connectivity index (χ2v) is 12.6. The van der Waals surface area contributed by atoms with Crippen molar-refractivity contribution in [3.05, 3.63) is 76.3 Å². The molecule has 3 atom stereocenters. The lowest BCUT2D eigenvalue weighted by Crippen LogP contribution is -2.69. The van der Waals surface area contributed by atoms with Crippen LogP contribution in [0.25, 0.3) is 0 Å². The molecule has 1 heterocycles. The molecule has 0 aromatic heterocycles. The first-order valence-electron chi connectivity index (χ1n) is 14.0. The van der Waals surface area contributed by atoms with E-state index in [0.717, 1.165) is 24.1 Å². The molecule has 2 fully saturated rings. The predicted octanol–water partition coefficient (Wildman–Crippen LogP) is 6.41. The van der Waals surface area contributed by atoms with Gasteiger partial charge in [0.2, 0.25) is 5.91 Å². The summed E-state index contributed by atoms with van der Waals surface area (Å²) in [6, 6.07) is 12.6. The summed E-state index contributed by atoms with van der Waals surface area (Å²) in [5.74, 6) is 0.156. The highest BCUT2D eigenvalue weighted by molar-refractivity contribution is 6.42. The molecule has 1 amide bonds. The molecule has 1 saturated heterocycles. The molecule has 1 aliphatic heterocycles. The maximum atomic E-state index is 13.9. The number of rotatable bonds is 9. The van der Waals surface area contributed by atoms with Gasteiger partial charge in [-0.25, -0.2) is 0 Å². The number of nitrogens with zero attached hydrogens (tertiary/aromatic N) is 2. The van der Waals surface area contributed by atoms with Gasteiger partial charge in [0.1, 0.15) is 11.4 Å². The number of likely N-dealkylation sites (tertiary alicyclic amines) is 1. The van der Waals surface area contributed by atoms with Crippen LogP contribution in [0.1, 0.15) is 57.6 Å². The molecule has 2 aliphatic rings. The second-order valence-electron chi connectivity index (χ2n) is 11.8. The van der Waals surface area contributed by atoms with E-state index >= 15 is 0 Å². The molecule has 40 heavy (non-hydrogen) atoms. The maximum absolute atomic E-state index is 13.9. The summed E-state index contributed by atoms with van der Waals surface area (Å²) in [4.78, 5) is 30.8. The van der Waals surface area contributed by atoms with Crippen molar-refractivity contribution in [1.29, 1.82) is 0 Å². The molecule has 0 spiro atoms. The fourth-order valence-corrected chi connectivity index (χ4v) is 7.16. The standard InChI is InChI=1S/C32H40Cl2N2O4/c1-5-14-35-15-13-31(25-7-6-8-27(38)18-25)19-26(11-12-32(31,21-35)40-23(4)37)36(20-22(2)3)30(39)17-24-9-10-28(33)29(34)16-24/h5-10,16,18,22,26,38H,1,11-15,17,19-21H2,2-4H3. The van der Waals surface area contributed by atoms with E-state index in [1.54, 1.807) is 24.3 Å². The van der Waals surface area contributed by atoms with Gasteiger partial charge in [-0.3, -0.25) is 14.5 Å². The first-order valence-corrected chi connectivity index (χ1v) is 14.8. The third kappa shape index (κ3) is 6.35. The quantitative estimate of drug-likeness (QED) is 0.271. The Kier molecular flexibility index (Phi) is 9.54. The number of hydrogen-bond donors (Lipinski definition) is 1. The summed E-state index contributed by atoms with van der Waals surface area (Å²) in [5.41, 5.74) is 0.398. The van der Waals surface area contributed by atoms with Crippen LogP contribution in [-0.4, -0.2) is 64.6 Å². The number of ether oxygens (including phenoxy) is 1. The van der Waals surface area contributed by atoms with Crippen LogP contribution in [0.3, 0.4) is 0 Å². The van der Waals surface area contributed by atoms with Crippen LogP contribution in [0.5, 0.6) is 5.75 Å². The number of phenolic OH excluding ortho intramolecular Hbond substituents is 1. The monoisotopic (exact) mass is 586 g/mol. The molecule has 1 saturated carbocycles. The number of benzene rings is 2. The van der Waals surface area contributed by atoms with Crippen LogP contribution in [0, 0.1) is 5.92 Å². The number of fused-ring (bicyclic) bond motifs is 1. The van der Waals surface area contributed by atoms with Gasteiger partial charge in [-0.15, -0.1) is 6.58 Å². The Morgan fingerprint density at radius 2 is 1.98 bits per heavy atom. The Morgan fingerprint density at radius 1 is 1.20 bits per heavy atom. The Bertz CT molecular complexity index is 1250. The summed E-state index contributed by atoms with van der Waals surface area (Å²) < 4.78 is 6.32. The minimum Gasteiger partial charge on any atom is -0.508 e. The minimum atomic E-state index is -0.791. The average Bonchev–Trinajstić information content (AvgIpc) is 2.89. The molecule has 0 radical (unpaired) electrons. The number of carbonyl (C=O) groups is 2. The van der Waals surface area contributed by atoms with Crippen molar-refractivity contribution in [3.63, 3.8) is 0 Å². The fraction of sp³-hybridized carbons (Fsp3) is 0.500. The molecule has 0 bridgehead atoms. The zero-order chi connectivity index (χ0) is 29.1. The third-order valence-electron chi connectivity index (χ3n) is 8.46. The van der Waals surface area contributed by atoms with Crippen LogP contribution in [0.15, 0.2) is 55.1 Å². The van der Waals surface area contributed by atoms with Gasteiger partial charge in [-0.05, 0) is 73.5 Å². The van der Waals surface area contributed by atoms with Gasteiger partial charge in [0.15, 0.2) is 0 Å². The van der Waals surface area contributed by atoms with Crippen molar-refractivity contribution in [2.45, 2.75) is 69.9 Å². The van der Waals surface area contributed by atoms with Crippen molar-refractivity contribution >= 4 is 35.1 Å². The lowest BCUT2D eigenvalue weighted by Gasteiger charge is -2.60. The van der Waals surface area contributed by atoms with E-state index in [0.29, 0.717) is 48.9 Å². The van der Waals surface area contributed by atoms with Crippen molar-refractivity contribution < 1.29 is 19.4 Å². The summed E-state index contributed by atoms with van der Waals surface area (Å²) in [5, 5.41) is 11.4. The van der Waals surface area contributed by atoms with E-state index in [9.17, 15) is 14.7 Å². The number of aromatic hydroxyl groups is 1. The van der Waals surface area contributed by atoms with Crippen LogP contribution in [-0.2, 0) is 26.2 Å². The van der Waals surface area contributed by atoms with E-state index in [1.165, 1.54) is 6.92 Å². The number of carbonyl (C=O) groups excluding carboxylic acids is 2. The summed E-state index contributed by atoms with van der Waals surface area (Å²) in [7, 11) is 0. The van der Waals surface area contributed by atoms with Gasteiger partial charge in [0.25, 0.3) is 0 Å². The van der Waals surface area contributed by atoms with Gasteiger partial charge < -0.3 is 14.7 Å². The Balaban J connectivity index is 1.74. The molecule has 8 heteroatoms. The topological polar surface area (TPSA) is 70.1 Å².